The molecule has 27 heavy (non-hydrogen) atoms. The molecule has 2 atom stereocenters. The van der Waals surface area contributed by atoms with Crippen LogP contribution in [0.2, 0.25) is 5.02 Å². The lowest BCUT2D eigenvalue weighted by Gasteiger charge is -2.41. The van der Waals surface area contributed by atoms with Crippen LogP contribution in [-0.4, -0.2) is 48.2 Å². The van der Waals surface area contributed by atoms with Gasteiger partial charge in [-0.2, -0.15) is 0 Å². The maximum Gasteiger partial charge on any atom is 0.409 e. The van der Waals surface area contributed by atoms with Gasteiger partial charge in [-0.05, 0) is 44.2 Å². The maximum absolute atomic E-state index is 12.0. The fraction of sp³-hybridized carbons (Fsp3) is 0.381. The predicted octanol–water partition coefficient (Wildman–Crippen LogP) is 4.19. The zero-order valence-corrected chi connectivity index (χ0v) is 16.3. The lowest BCUT2D eigenvalue weighted by atomic mass is 10.1. The molecule has 1 aromatic heterocycles. The Kier molecular flexibility index (Phi) is 6.44. The van der Waals surface area contributed by atoms with Crippen molar-refractivity contribution >= 4 is 17.7 Å². The zero-order chi connectivity index (χ0) is 19.2. The van der Waals surface area contributed by atoms with Crippen LogP contribution in [0.3, 0.4) is 0 Å². The highest BCUT2D eigenvalue weighted by Crippen LogP contribution is 2.26. The molecule has 6 heteroatoms. The summed E-state index contributed by atoms with van der Waals surface area (Å²) in [5.74, 6) is 7.32. The fourth-order valence-electron chi connectivity index (χ4n) is 3.22. The standard InChI is InChI=1S/C21H23ClN2O3/c1-3-26-21(25)23-11-12-24(16(2)15-23)19(20-8-5-13-27-20)10-9-17-6-4-7-18(22)14-17/h4-8,13-14,16,19H,3,11-12,15H2,1-2H3/t16-,19-/m1/s1. The van der Waals surface area contributed by atoms with Crippen molar-refractivity contribution in [3.05, 3.63) is 59.0 Å². The first-order valence-corrected chi connectivity index (χ1v) is 9.44. The second-order valence-corrected chi connectivity index (χ2v) is 6.87. The third-order valence-corrected chi connectivity index (χ3v) is 4.76. The van der Waals surface area contributed by atoms with E-state index in [1.165, 1.54) is 0 Å². The SMILES string of the molecule is CCOC(=O)N1CCN([C@H](C#Cc2cccc(Cl)c2)c2ccco2)[C@H](C)C1. The van der Waals surface area contributed by atoms with Crippen molar-refractivity contribution in [1.29, 1.82) is 0 Å². The van der Waals surface area contributed by atoms with Crippen LogP contribution in [0.15, 0.2) is 47.1 Å². The number of hydrogen-bond acceptors (Lipinski definition) is 4. The molecule has 5 nitrogen and oxygen atoms in total. The molecule has 1 aromatic carbocycles. The first-order chi connectivity index (χ1) is 13.1. The Hall–Kier alpha value is -2.42. The monoisotopic (exact) mass is 386 g/mol. The van der Waals surface area contributed by atoms with Crippen LogP contribution in [0.1, 0.15) is 31.2 Å². The average molecular weight is 387 g/mol. The normalized spacial score (nSPS) is 18.5. The van der Waals surface area contributed by atoms with Crippen molar-refractivity contribution in [1.82, 2.24) is 9.80 Å². The van der Waals surface area contributed by atoms with Gasteiger partial charge in [-0.15, -0.1) is 0 Å². The molecule has 3 rings (SSSR count). The van der Waals surface area contributed by atoms with Crippen LogP contribution < -0.4 is 0 Å². The smallest absolute Gasteiger partial charge is 0.409 e. The number of nitrogens with zero attached hydrogens (tertiary/aromatic N) is 2. The van der Waals surface area contributed by atoms with Crippen molar-refractivity contribution in [3.8, 4) is 11.8 Å². The van der Waals surface area contributed by atoms with Crippen LogP contribution >= 0.6 is 11.6 Å². The third-order valence-electron chi connectivity index (χ3n) is 4.53. The highest BCUT2D eigenvalue weighted by molar-refractivity contribution is 6.30. The zero-order valence-electron chi connectivity index (χ0n) is 15.5. The Morgan fingerprint density at radius 2 is 2.22 bits per heavy atom. The van der Waals surface area contributed by atoms with Gasteiger partial charge in [0.2, 0.25) is 0 Å². The third kappa shape index (κ3) is 4.85. The highest BCUT2D eigenvalue weighted by Gasteiger charge is 2.33. The molecule has 0 N–H and O–H groups in total. The van der Waals surface area contributed by atoms with E-state index in [-0.39, 0.29) is 18.2 Å². The largest absolute Gasteiger partial charge is 0.467 e. The molecule has 0 bridgehead atoms. The number of ether oxygens (including phenoxy) is 1. The molecule has 2 heterocycles. The number of benzene rings is 1. The van der Waals surface area contributed by atoms with E-state index in [2.05, 4.69) is 23.7 Å². The molecule has 1 aliphatic rings. The van der Waals surface area contributed by atoms with Gasteiger partial charge in [-0.3, -0.25) is 4.90 Å². The van der Waals surface area contributed by atoms with E-state index in [0.29, 0.717) is 31.3 Å². The van der Waals surface area contributed by atoms with E-state index in [1.807, 2.05) is 43.3 Å². The van der Waals surface area contributed by atoms with Gasteiger partial charge in [-0.25, -0.2) is 4.79 Å². The number of rotatable bonds is 3. The lowest BCUT2D eigenvalue weighted by Crippen LogP contribution is -2.54. The minimum Gasteiger partial charge on any atom is -0.467 e. The second-order valence-electron chi connectivity index (χ2n) is 6.43. The number of carbonyl (C=O) groups excluding carboxylic acids is 1. The van der Waals surface area contributed by atoms with Crippen molar-refractivity contribution in [2.45, 2.75) is 25.9 Å². The summed E-state index contributed by atoms with van der Waals surface area (Å²) in [5.41, 5.74) is 0.858. The topological polar surface area (TPSA) is 45.9 Å². The van der Waals surface area contributed by atoms with Gasteiger partial charge in [0.15, 0.2) is 0 Å². The Bertz CT molecular complexity index is 825. The van der Waals surface area contributed by atoms with Gasteiger partial charge in [-0.1, -0.05) is 29.5 Å². The first-order valence-electron chi connectivity index (χ1n) is 9.06. The van der Waals surface area contributed by atoms with E-state index in [0.717, 1.165) is 11.3 Å². The number of carbonyl (C=O) groups is 1. The lowest BCUT2D eigenvalue weighted by molar-refractivity contribution is 0.0441. The summed E-state index contributed by atoms with van der Waals surface area (Å²) in [6, 6.07) is 11.2. The van der Waals surface area contributed by atoms with Crippen LogP contribution in [0.4, 0.5) is 4.79 Å². The van der Waals surface area contributed by atoms with Crippen LogP contribution in [0, 0.1) is 11.8 Å². The van der Waals surface area contributed by atoms with E-state index < -0.39 is 0 Å². The Morgan fingerprint density at radius 3 is 2.89 bits per heavy atom. The molecule has 0 radical (unpaired) electrons. The van der Waals surface area contributed by atoms with Gasteiger partial charge in [0.1, 0.15) is 11.8 Å². The number of halogens is 1. The van der Waals surface area contributed by atoms with Gasteiger partial charge in [0.25, 0.3) is 0 Å². The van der Waals surface area contributed by atoms with E-state index in [9.17, 15) is 4.79 Å². The molecule has 0 aliphatic carbocycles. The molecule has 0 saturated carbocycles. The first kappa shape index (κ1) is 19.3. The molecule has 0 spiro atoms. The van der Waals surface area contributed by atoms with Gasteiger partial charge in [0.05, 0.1) is 12.9 Å². The summed E-state index contributed by atoms with van der Waals surface area (Å²) >= 11 is 6.06. The molecule has 142 valence electrons. The highest BCUT2D eigenvalue weighted by atomic mass is 35.5. The summed E-state index contributed by atoms with van der Waals surface area (Å²) in [6.45, 7) is 6.16. The number of hydrogen-bond donors (Lipinski definition) is 0. The van der Waals surface area contributed by atoms with Crippen molar-refractivity contribution in [3.63, 3.8) is 0 Å². The van der Waals surface area contributed by atoms with E-state index >= 15 is 0 Å². The molecule has 1 aliphatic heterocycles. The van der Waals surface area contributed by atoms with Crippen LogP contribution in [-0.2, 0) is 4.74 Å². The summed E-state index contributed by atoms with van der Waals surface area (Å²) in [7, 11) is 0. The van der Waals surface area contributed by atoms with Crippen molar-refractivity contribution < 1.29 is 13.9 Å². The van der Waals surface area contributed by atoms with Crippen molar-refractivity contribution in [2.75, 3.05) is 26.2 Å². The van der Waals surface area contributed by atoms with Gasteiger partial charge < -0.3 is 14.1 Å². The fourth-order valence-corrected chi connectivity index (χ4v) is 3.41. The maximum atomic E-state index is 12.0. The number of amides is 1. The molecule has 2 aromatic rings. The molecule has 1 amide bonds. The number of furan rings is 1. The van der Waals surface area contributed by atoms with Gasteiger partial charge in [0, 0.05) is 36.3 Å². The summed E-state index contributed by atoms with van der Waals surface area (Å²) < 4.78 is 10.8. The molecule has 1 fully saturated rings. The second kappa shape index (κ2) is 8.98. The van der Waals surface area contributed by atoms with Gasteiger partial charge >= 0.3 is 6.09 Å². The summed E-state index contributed by atoms with van der Waals surface area (Å²) in [5, 5.41) is 0.660. The average Bonchev–Trinajstić information content (AvgIpc) is 3.17. The number of piperazine rings is 1. The molecule has 1 saturated heterocycles. The minimum absolute atomic E-state index is 0.118. The summed E-state index contributed by atoms with van der Waals surface area (Å²) in [6.07, 6.45) is 1.40. The predicted molar refractivity (Wildman–Crippen MR) is 105 cm³/mol. The Morgan fingerprint density at radius 1 is 1.37 bits per heavy atom. The van der Waals surface area contributed by atoms with Crippen LogP contribution in [0.25, 0.3) is 0 Å². The Labute approximate surface area is 164 Å². The Balaban J connectivity index is 1.80. The molecular weight excluding hydrogens is 364 g/mol. The quantitative estimate of drug-likeness (QED) is 0.742. The van der Waals surface area contributed by atoms with Crippen molar-refractivity contribution in [2.24, 2.45) is 0 Å². The van der Waals surface area contributed by atoms with E-state index in [4.69, 9.17) is 20.8 Å². The van der Waals surface area contributed by atoms with E-state index in [1.54, 1.807) is 11.2 Å². The summed E-state index contributed by atoms with van der Waals surface area (Å²) in [4.78, 5) is 16.0. The minimum atomic E-state index is -0.261. The molecule has 0 unspecified atom stereocenters. The van der Waals surface area contributed by atoms with Crippen LogP contribution in [0.5, 0.6) is 0 Å². The molecular formula is C21H23ClN2O3.